The first kappa shape index (κ1) is 38.8. The van der Waals surface area contributed by atoms with Crippen molar-refractivity contribution < 1.29 is 23.9 Å². The number of carbonyl (C=O) groups excluding carboxylic acids is 3. The topological polar surface area (TPSA) is 113 Å². The standard InChI is InChI=1S/C39H52ClN5O5/c1-44(2)34-19-12-31(13-20-34)28-35-39(48)45(36(43-35)21-14-30-10-6-5-7-11-30)29-37(46)42-33-17-15-32(16-18-33)38(47)41-23-25-50-27-26-49-24-9-4-3-8-22-40/h5-7,10-14,19-21,28,32-33H,3-4,8-9,15-18,22-27,29H2,1-2H3,(H,41,47)(H,42,46)/b21-14+,35-28+. The molecule has 50 heavy (non-hydrogen) atoms. The quantitative estimate of drug-likeness (QED) is 0.104. The highest BCUT2D eigenvalue weighted by Gasteiger charge is 2.32. The van der Waals surface area contributed by atoms with Crippen molar-refractivity contribution in [2.24, 2.45) is 10.9 Å². The average molecular weight is 706 g/mol. The van der Waals surface area contributed by atoms with E-state index in [-0.39, 0.29) is 41.9 Å². The SMILES string of the molecule is CN(C)c1ccc(/C=C2N=C(/C=C/c3ccccc3)N(CC(=O)NC3CCC(C(=O)NCCOCCOCCCCCCCl)CC3)C/2=O)cc1. The first-order valence-corrected chi connectivity index (χ1v) is 18.3. The van der Waals surface area contributed by atoms with Crippen LogP contribution in [-0.4, -0.2) is 94.0 Å². The van der Waals surface area contributed by atoms with E-state index in [2.05, 4.69) is 15.6 Å². The third kappa shape index (κ3) is 13.0. The van der Waals surface area contributed by atoms with Crippen LogP contribution in [0.4, 0.5) is 5.69 Å². The fourth-order valence-corrected chi connectivity index (χ4v) is 6.08. The van der Waals surface area contributed by atoms with Crippen LogP contribution in [0.2, 0.25) is 0 Å². The summed E-state index contributed by atoms with van der Waals surface area (Å²) in [6, 6.07) is 17.5. The summed E-state index contributed by atoms with van der Waals surface area (Å²) in [5, 5.41) is 6.07. The summed E-state index contributed by atoms with van der Waals surface area (Å²) < 4.78 is 11.2. The summed E-state index contributed by atoms with van der Waals surface area (Å²) >= 11 is 5.69. The van der Waals surface area contributed by atoms with Gasteiger partial charge in [-0.05, 0) is 73.9 Å². The lowest BCUT2D eigenvalue weighted by molar-refractivity contribution is -0.129. The smallest absolute Gasteiger partial charge is 0.278 e. The maximum absolute atomic E-state index is 13.5. The molecule has 1 fully saturated rings. The Kier molecular flexibility index (Phi) is 16.5. The van der Waals surface area contributed by atoms with Crippen LogP contribution in [-0.2, 0) is 23.9 Å². The Bertz CT molecular complexity index is 1450. The van der Waals surface area contributed by atoms with Crippen molar-refractivity contribution in [1.29, 1.82) is 0 Å². The minimum absolute atomic E-state index is 0.0240. The van der Waals surface area contributed by atoms with Gasteiger partial charge in [0, 0.05) is 50.8 Å². The molecule has 2 aromatic carbocycles. The number of nitrogens with zero attached hydrogens (tertiary/aromatic N) is 3. The molecule has 10 nitrogen and oxygen atoms in total. The molecule has 0 unspecified atom stereocenters. The number of anilines is 1. The minimum Gasteiger partial charge on any atom is -0.379 e. The Labute approximate surface area is 301 Å². The lowest BCUT2D eigenvalue weighted by Gasteiger charge is -2.29. The van der Waals surface area contributed by atoms with Gasteiger partial charge in [-0.3, -0.25) is 19.3 Å². The molecule has 0 atom stereocenters. The number of hydrogen-bond acceptors (Lipinski definition) is 7. The van der Waals surface area contributed by atoms with Gasteiger partial charge in [-0.1, -0.05) is 61.4 Å². The zero-order valence-electron chi connectivity index (χ0n) is 29.5. The van der Waals surface area contributed by atoms with Crippen molar-refractivity contribution in [3.05, 3.63) is 77.5 Å². The van der Waals surface area contributed by atoms with Crippen LogP contribution in [0.3, 0.4) is 0 Å². The van der Waals surface area contributed by atoms with E-state index in [1.165, 1.54) is 4.90 Å². The van der Waals surface area contributed by atoms with Gasteiger partial charge < -0.3 is 25.0 Å². The van der Waals surface area contributed by atoms with E-state index in [9.17, 15) is 14.4 Å². The molecule has 0 radical (unpaired) electrons. The van der Waals surface area contributed by atoms with Gasteiger partial charge in [0.2, 0.25) is 11.8 Å². The van der Waals surface area contributed by atoms with Gasteiger partial charge >= 0.3 is 0 Å². The Morgan fingerprint density at radius 1 is 0.880 bits per heavy atom. The van der Waals surface area contributed by atoms with E-state index in [0.717, 1.165) is 49.1 Å². The number of carbonyl (C=O) groups is 3. The van der Waals surface area contributed by atoms with Crippen LogP contribution in [0.5, 0.6) is 0 Å². The zero-order chi connectivity index (χ0) is 35.6. The van der Waals surface area contributed by atoms with Crippen LogP contribution in [0.25, 0.3) is 12.2 Å². The molecule has 0 bridgehead atoms. The molecule has 0 spiro atoms. The number of amidine groups is 1. The second kappa shape index (κ2) is 21.3. The summed E-state index contributed by atoms with van der Waals surface area (Å²) in [7, 11) is 3.95. The van der Waals surface area contributed by atoms with Gasteiger partial charge in [0.25, 0.3) is 5.91 Å². The van der Waals surface area contributed by atoms with Crippen molar-refractivity contribution in [1.82, 2.24) is 15.5 Å². The number of unbranched alkanes of at least 4 members (excludes halogenated alkanes) is 3. The van der Waals surface area contributed by atoms with Gasteiger partial charge in [0.05, 0.1) is 19.8 Å². The van der Waals surface area contributed by atoms with Crippen LogP contribution in [0.15, 0.2) is 71.4 Å². The molecule has 1 aliphatic heterocycles. The maximum atomic E-state index is 13.5. The van der Waals surface area contributed by atoms with Crippen molar-refractivity contribution in [2.45, 2.75) is 57.4 Å². The lowest BCUT2D eigenvalue weighted by Crippen LogP contribution is -2.46. The van der Waals surface area contributed by atoms with E-state index >= 15 is 0 Å². The number of alkyl halides is 1. The predicted molar refractivity (Wildman–Crippen MR) is 201 cm³/mol. The number of rotatable bonds is 20. The van der Waals surface area contributed by atoms with E-state index in [1.807, 2.05) is 79.7 Å². The molecule has 1 heterocycles. The van der Waals surface area contributed by atoms with Crippen LogP contribution >= 0.6 is 11.6 Å². The van der Waals surface area contributed by atoms with E-state index in [4.69, 9.17) is 21.1 Å². The number of amides is 3. The number of benzene rings is 2. The number of hydrogen-bond donors (Lipinski definition) is 2. The highest BCUT2D eigenvalue weighted by atomic mass is 35.5. The lowest BCUT2D eigenvalue weighted by atomic mass is 9.85. The number of halogens is 1. The summed E-state index contributed by atoms with van der Waals surface area (Å²) in [6.45, 7) is 2.54. The van der Waals surface area contributed by atoms with Crippen molar-refractivity contribution in [2.75, 3.05) is 64.4 Å². The van der Waals surface area contributed by atoms with Crippen LogP contribution in [0.1, 0.15) is 62.5 Å². The average Bonchev–Trinajstić information content (AvgIpc) is 3.41. The molecule has 2 aliphatic rings. The third-order valence-corrected chi connectivity index (χ3v) is 9.04. The maximum Gasteiger partial charge on any atom is 0.278 e. The van der Waals surface area contributed by atoms with E-state index in [0.29, 0.717) is 63.8 Å². The molecular formula is C39H52ClN5O5. The summed E-state index contributed by atoms with van der Waals surface area (Å²) in [6.07, 6.45) is 12.5. The first-order chi connectivity index (χ1) is 24.3. The molecule has 0 aromatic heterocycles. The molecule has 1 aliphatic carbocycles. The summed E-state index contributed by atoms with van der Waals surface area (Å²) in [5.74, 6) is 0.485. The fraction of sp³-hybridized carbons (Fsp3) is 0.487. The highest BCUT2D eigenvalue weighted by molar-refractivity contribution is 6.19. The van der Waals surface area contributed by atoms with Crippen molar-refractivity contribution >= 4 is 53.0 Å². The van der Waals surface area contributed by atoms with Gasteiger partial charge in [-0.2, -0.15) is 0 Å². The molecule has 4 rings (SSSR count). The van der Waals surface area contributed by atoms with E-state index in [1.54, 1.807) is 12.2 Å². The highest BCUT2D eigenvalue weighted by Crippen LogP contribution is 2.25. The molecule has 1 saturated carbocycles. The molecule has 3 amide bonds. The minimum atomic E-state index is -0.324. The molecule has 270 valence electrons. The predicted octanol–water partition coefficient (Wildman–Crippen LogP) is 5.67. The number of ether oxygens (including phenoxy) is 2. The zero-order valence-corrected chi connectivity index (χ0v) is 30.2. The van der Waals surface area contributed by atoms with Gasteiger partial charge in [-0.15, -0.1) is 11.6 Å². The molecule has 2 N–H and O–H groups in total. The first-order valence-electron chi connectivity index (χ1n) is 17.8. The Balaban J connectivity index is 1.20. The second-order valence-corrected chi connectivity index (χ2v) is 13.2. The molecule has 0 saturated heterocycles. The van der Waals surface area contributed by atoms with E-state index < -0.39 is 0 Å². The van der Waals surface area contributed by atoms with Crippen molar-refractivity contribution in [3.63, 3.8) is 0 Å². The van der Waals surface area contributed by atoms with Gasteiger partial charge in [0.15, 0.2) is 0 Å². The molecular weight excluding hydrogens is 654 g/mol. The normalized spacial score (nSPS) is 18.5. The monoisotopic (exact) mass is 705 g/mol. The van der Waals surface area contributed by atoms with Crippen LogP contribution in [0, 0.1) is 5.92 Å². The summed E-state index contributed by atoms with van der Waals surface area (Å²) in [4.78, 5) is 47.6. The Morgan fingerprint density at radius 3 is 2.28 bits per heavy atom. The van der Waals surface area contributed by atoms with Crippen LogP contribution < -0.4 is 15.5 Å². The second-order valence-electron chi connectivity index (χ2n) is 12.9. The Hall–Kier alpha value is -3.99. The fourth-order valence-electron chi connectivity index (χ4n) is 5.89. The Morgan fingerprint density at radius 2 is 1.58 bits per heavy atom. The third-order valence-electron chi connectivity index (χ3n) is 8.77. The number of aliphatic imine (C=N–C) groups is 1. The molecule has 2 aromatic rings. The summed E-state index contributed by atoms with van der Waals surface area (Å²) in [5.41, 5.74) is 3.13. The number of nitrogens with one attached hydrogen (secondary N) is 2. The largest absolute Gasteiger partial charge is 0.379 e. The van der Waals surface area contributed by atoms with Gasteiger partial charge in [0.1, 0.15) is 18.1 Å². The molecule has 11 heteroatoms. The van der Waals surface area contributed by atoms with Gasteiger partial charge in [-0.25, -0.2) is 4.99 Å². The van der Waals surface area contributed by atoms with Crippen molar-refractivity contribution in [3.8, 4) is 0 Å².